The molecule has 0 aliphatic carbocycles. The number of benzene rings is 1. The van der Waals surface area contributed by atoms with E-state index in [1.54, 1.807) is 6.20 Å². The first-order valence-electron chi connectivity index (χ1n) is 9.48. The predicted molar refractivity (Wildman–Crippen MR) is 119 cm³/mol. The van der Waals surface area contributed by atoms with Crippen molar-refractivity contribution in [2.75, 3.05) is 42.9 Å². The molecule has 0 bridgehead atoms. The van der Waals surface area contributed by atoms with Crippen LogP contribution in [0.3, 0.4) is 0 Å². The summed E-state index contributed by atoms with van der Waals surface area (Å²) in [5.41, 5.74) is 3.15. The minimum Gasteiger partial charge on any atom is -0.354 e. The number of piperazine rings is 1. The summed E-state index contributed by atoms with van der Waals surface area (Å²) in [4.78, 5) is 25.7. The van der Waals surface area contributed by atoms with Crippen LogP contribution in [0.15, 0.2) is 48.0 Å². The molecular weight excluding hydrogens is 406 g/mol. The second kappa shape index (κ2) is 8.90. The molecule has 1 N–H and O–H groups in total. The van der Waals surface area contributed by atoms with Crippen molar-refractivity contribution in [2.24, 2.45) is 0 Å². The fourth-order valence-corrected chi connectivity index (χ4v) is 4.09. The summed E-state index contributed by atoms with van der Waals surface area (Å²) in [6.45, 7) is 5.70. The van der Waals surface area contributed by atoms with E-state index >= 15 is 0 Å². The number of pyridine rings is 1. The Bertz CT molecular complexity index is 965. The van der Waals surface area contributed by atoms with Gasteiger partial charge in [-0.15, -0.1) is 11.3 Å². The summed E-state index contributed by atoms with van der Waals surface area (Å²) < 4.78 is 0. The Morgan fingerprint density at radius 3 is 2.59 bits per heavy atom. The number of thiazole rings is 1. The van der Waals surface area contributed by atoms with Crippen LogP contribution in [0.1, 0.15) is 5.56 Å². The van der Waals surface area contributed by atoms with Crippen LogP contribution in [0, 0.1) is 6.92 Å². The number of halogens is 1. The zero-order valence-corrected chi connectivity index (χ0v) is 17.7. The molecule has 0 unspecified atom stereocenters. The number of anilines is 2. The Labute approximate surface area is 179 Å². The molecule has 0 radical (unpaired) electrons. The van der Waals surface area contributed by atoms with Crippen LogP contribution in [0.2, 0.25) is 5.02 Å². The number of nitrogens with one attached hydrogen (secondary N) is 1. The Kier molecular flexibility index (Phi) is 6.08. The monoisotopic (exact) mass is 427 g/mol. The highest BCUT2D eigenvalue weighted by Crippen LogP contribution is 2.25. The highest BCUT2D eigenvalue weighted by Gasteiger charge is 2.20. The number of hydrogen-bond acceptors (Lipinski definition) is 6. The van der Waals surface area contributed by atoms with E-state index < -0.39 is 0 Å². The molecule has 0 saturated carbocycles. The zero-order valence-electron chi connectivity index (χ0n) is 16.1. The molecule has 1 amide bonds. The lowest BCUT2D eigenvalue weighted by Gasteiger charge is -2.34. The van der Waals surface area contributed by atoms with Gasteiger partial charge in [0.1, 0.15) is 5.82 Å². The molecular formula is C21H22ClN5OS. The summed E-state index contributed by atoms with van der Waals surface area (Å²) in [5.74, 6) is 0.887. The highest BCUT2D eigenvalue weighted by atomic mass is 35.5. The fraction of sp³-hybridized carbons (Fsp3) is 0.286. The normalized spacial score (nSPS) is 14.8. The largest absolute Gasteiger partial charge is 0.354 e. The molecule has 0 spiro atoms. The standard InChI is InChI=1S/C21H22ClN5OS/c1-15-2-4-16(5-3-15)18-14-29-21(24-18)25-20(28)13-26-8-10-27(11-9-26)19-7-6-17(22)12-23-19/h2-7,12,14H,8-11,13H2,1H3,(H,24,25,28). The van der Waals surface area contributed by atoms with Crippen LogP contribution in [0.4, 0.5) is 10.9 Å². The van der Waals surface area contributed by atoms with Crippen molar-refractivity contribution in [3.8, 4) is 11.3 Å². The van der Waals surface area contributed by atoms with Gasteiger partial charge < -0.3 is 10.2 Å². The molecule has 0 atom stereocenters. The van der Waals surface area contributed by atoms with Crippen LogP contribution in [0.5, 0.6) is 0 Å². The maximum atomic E-state index is 12.4. The fourth-order valence-electron chi connectivity index (χ4n) is 3.24. The van der Waals surface area contributed by atoms with Gasteiger partial charge in [-0.05, 0) is 19.1 Å². The number of rotatable bonds is 5. The maximum Gasteiger partial charge on any atom is 0.240 e. The van der Waals surface area contributed by atoms with Gasteiger partial charge in [-0.25, -0.2) is 9.97 Å². The van der Waals surface area contributed by atoms with E-state index in [9.17, 15) is 4.79 Å². The van der Waals surface area contributed by atoms with Gasteiger partial charge in [0.2, 0.25) is 5.91 Å². The molecule has 6 nitrogen and oxygen atoms in total. The van der Waals surface area contributed by atoms with Crippen LogP contribution < -0.4 is 10.2 Å². The van der Waals surface area contributed by atoms with E-state index in [4.69, 9.17) is 11.6 Å². The SMILES string of the molecule is Cc1ccc(-c2csc(NC(=O)CN3CCN(c4ccc(Cl)cn4)CC3)n2)cc1. The first-order chi connectivity index (χ1) is 14.1. The molecule has 8 heteroatoms. The first kappa shape index (κ1) is 19.8. The van der Waals surface area contributed by atoms with Crippen molar-refractivity contribution < 1.29 is 4.79 Å². The predicted octanol–water partition coefficient (Wildman–Crippen LogP) is 3.93. The topological polar surface area (TPSA) is 61.4 Å². The van der Waals surface area contributed by atoms with Gasteiger partial charge in [-0.3, -0.25) is 9.69 Å². The van der Waals surface area contributed by atoms with E-state index in [2.05, 4.69) is 44.1 Å². The van der Waals surface area contributed by atoms with E-state index in [0.29, 0.717) is 16.7 Å². The lowest BCUT2D eigenvalue weighted by molar-refractivity contribution is -0.117. The van der Waals surface area contributed by atoms with Crippen LogP contribution in [0.25, 0.3) is 11.3 Å². The Morgan fingerprint density at radius 1 is 1.14 bits per heavy atom. The molecule has 1 aromatic carbocycles. The van der Waals surface area contributed by atoms with Gasteiger partial charge >= 0.3 is 0 Å². The van der Waals surface area contributed by atoms with Crippen molar-refractivity contribution >= 4 is 39.8 Å². The molecule has 3 aromatic rings. The maximum absolute atomic E-state index is 12.4. The van der Waals surface area contributed by atoms with Gasteiger partial charge in [0, 0.05) is 43.3 Å². The molecule has 1 aliphatic rings. The van der Waals surface area contributed by atoms with Gasteiger partial charge in [0.05, 0.1) is 17.3 Å². The molecule has 1 aliphatic heterocycles. The first-order valence-corrected chi connectivity index (χ1v) is 10.7. The number of aryl methyl sites for hydroxylation is 1. The second-order valence-electron chi connectivity index (χ2n) is 7.05. The van der Waals surface area contributed by atoms with Crippen molar-refractivity contribution in [3.63, 3.8) is 0 Å². The van der Waals surface area contributed by atoms with Crippen molar-refractivity contribution in [3.05, 3.63) is 58.6 Å². The van der Waals surface area contributed by atoms with Crippen molar-refractivity contribution in [1.82, 2.24) is 14.9 Å². The van der Waals surface area contributed by atoms with Crippen molar-refractivity contribution in [1.29, 1.82) is 0 Å². The van der Waals surface area contributed by atoms with Gasteiger partial charge in [-0.2, -0.15) is 0 Å². The third kappa shape index (κ3) is 5.12. The number of nitrogens with zero attached hydrogens (tertiary/aromatic N) is 4. The number of hydrogen-bond donors (Lipinski definition) is 1. The van der Waals surface area contributed by atoms with Crippen LogP contribution in [-0.4, -0.2) is 53.5 Å². The number of carbonyl (C=O) groups is 1. The average molecular weight is 428 g/mol. The second-order valence-corrected chi connectivity index (χ2v) is 8.34. The van der Waals surface area contributed by atoms with E-state index in [0.717, 1.165) is 43.3 Å². The Morgan fingerprint density at radius 2 is 1.90 bits per heavy atom. The smallest absolute Gasteiger partial charge is 0.240 e. The van der Waals surface area contributed by atoms with Crippen LogP contribution >= 0.6 is 22.9 Å². The van der Waals surface area contributed by atoms with E-state index in [1.807, 2.05) is 29.6 Å². The summed E-state index contributed by atoms with van der Waals surface area (Å²) in [7, 11) is 0. The van der Waals surface area contributed by atoms with Crippen molar-refractivity contribution in [2.45, 2.75) is 6.92 Å². The Balaban J connectivity index is 1.27. The van der Waals surface area contributed by atoms with Gasteiger partial charge in [-0.1, -0.05) is 41.4 Å². The van der Waals surface area contributed by atoms with Gasteiger partial charge in [0.25, 0.3) is 0 Å². The number of carbonyl (C=O) groups excluding carboxylic acids is 1. The lowest BCUT2D eigenvalue weighted by atomic mass is 10.1. The number of amides is 1. The van der Waals surface area contributed by atoms with Gasteiger partial charge in [0.15, 0.2) is 5.13 Å². The molecule has 4 rings (SSSR count). The minimum absolute atomic E-state index is 0.0344. The molecule has 1 fully saturated rings. The number of aromatic nitrogens is 2. The van der Waals surface area contributed by atoms with E-state index in [-0.39, 0.29) is 5.91 Å². The zero-order chi connectivity index (χ0) is 20.2. The minimum atomic E-state index is -0.0344. The third-order valence-electron chi connectivity index (χ3n) is 4.87. The summed E-state index contributed by atoms with van der Waals surface area (Å²) in [6.07, 6.45) is 1.66. The molecule has 1 saturated heterocycles. The van der Waals surface area contributed by atoms with E-state index in [1.165, 1.54) is 16.9 Å². The summed E-state index contributed by atoms with van der Waals surface area (Å²) in [5, 5.41) is 6.17. The molecule has 2 aromatic heterocycles. The molecule has 29 heavy (non-hydrogen) atoms. The molecule has 150 valence electrons. The summed E-state index contributed by atoms with van der Waals surface area (Å²) in [6, 6.07) is 12.0. The lowest BCUT2D eigenvalue weighted by Crippen LogP contribution is -2.48. The highest BCUT2D eigenvalue weighted by molar-refractivity contribution is 7.14. The Hall–Kier alpha value is -2.48. The average Bonchev–Trinajstić information content (AvgIpc) is 3.18. The summed E-state index contributed by atoms with van der Waals surface area (Å²) >= 11 is 7.35. The molecule has 3 heterocycles. The van der Waals surface area contributed by atoms with Crippen LogP contribution in [-0.2, 0) is 4.79 Å². The quantitative estimate of drug-likeness (QED) is 0.668. The third-order valence-corrected chi connectivity index (χ3v) is 5.85.